The molecule has 1 aliphatic rings. The van der Waals surface area contributed by atoms with Crippen molar-refractivity contribution < 1.29 is 13.9 Å². The predicted octanol–water partition coefficient (Wildman–Crippen LogP) is 0.184. The molecule has 5 heteroatoms. The number of amides is 1. The van der Waals surface area contributed by atoms with Crippen LogP contribution in [0.4, 0.5) is 4.39 Å². The summed E-state index contributed by atoms with van der Waals surface area (Å²) in [5.74, 6) is 0.158. The molecule has 0 saturated carbocycles. The van der Waals surface area contributed by atoms with Gasteiger partial charge in [-0.3, -0.25) is 9.18 Å². The van der Waals surface area contributed by atoms with E-state index in [4.69, 9.17) is 4.74 Å². The van der Waals surface area contributed by atoms with E-state index in [1.54, 1.807) is 0 Å². The first-order valence-corrected chi connectivity index (χ1v) is 5.47. The van der Waals surface area contributed by atoms with Gasteiger partial charge < -0.3 is 15.0 Å². The molecule has 0 radical (unpaired) electrons. The van der Waals surface area contributed by atoms with Gasteiger partial charge in [0, 0.05) is 26.1 Å². The first-order chi connectivity index (χ1) is 7.34. The standard InChI is InChI=1S/C10H19FN2O2/c11-3-1-4-12-5-2-10(14)13-6-8-15-9-7-13/h12H,1-9H2. The summed E-state index contributed by atoms with van der Waals surface area (Å²) in [7, 11) is 0. The molecule has 0 bridgehead atoms. The summed E-state index contributed by atoms with van der Waals surface area (Å²) in [5.41, 5.74) is 0. The van der Waals surface area contributed by atoms with Crippen LogP contribution in [0, 0.1) is 0 Å². The Labute approximate surface area is 89.8 Å². The fourth-order valence-corrected chi connectivity index (χ4v) is 1.48. The van der Waals surface area contributed by atoms with E-state index in [2.05, 4.69) is 5.32 Å². The summed E-state index contributed by atoms with van der Waals surface area (Å²) < 4.78 is 16.9. The highest BCUT2D eigenvalue weighted by Crippen LogP contribution is 1.99. The number of nitrogens with zero attached hydrogens (tertiary/aromatic N) is 1. The normalized spacial score (nSPS) is 16.7. The Bertz CT molecular complexity index is 184. The number of ether oxygens (including phenoxy) is 1. The van der Waals surface area contributed by atoms with Gasteiger partial charge in [0.15, 0.2) is 0 Å². The van der Waals surface area contributed by atoms with Crippen molar-refractivity contribution in [1.82, 2.24) is 10.2 Å². The molecule has 4 nitrogen and oxygen atoms in total. The second-order valence-corrected chi connectivity index (χ2v) is 3.54. The van der Waals surface area contributed by atoms with Crippen LogP contribution >= 0.6 is 0 Å². The van der Waals surface area contributed by atoms with Crippen molar-refractivity contribution in [2.75, 3.05) is 46.1 Å². The molecule has 0 unspecified atom stereocenters. The van der Waals surface area contributed by atoms with E-state index in [1.807, 2.05) is 4.90 Å². The third-order valence-corrected chi connectivity index (χ3v) is 2.37. The molecule has 0 aromatic carbocycles. The van der Waals surface area contributed by atoms with Crippen LogP contribution in [0.3, 0.4) is 0 Å². The summed E-state index contributed by atoms with van der Waals surface area (Å²) >= 11 is 0. The van der Waals surface area contributed by atoms with Crippen molar-refractivity contribution in [3.8, 4) is 0 Å². The van der Waals surface area contributed by atoms with E-state index < -0.39 is 0 Å². The van der Waals surface area contributed by atoms with Gasteiger partial charge in [-0.1, -0.05) is 0 Å². The smallest absolute Gasteiger partial charge is 0.224 e. The van der Waals surface area contributed by atoms with Gasteiger partial charge in [-0.05, 0) is 13.0 Å². The van der Waals surface area contributed by atoms with Gasteiger partial charge >= 0.3 is 0 Å². The summed E-state index contributed by atoms with van der Waals surface area (Å²) in [6.45, 7) is 3.65. The monoisotopic (exact) mass is 218 g/mol. The molecule has 0 aliphatic carbocycles. The first-order valence-electron chi connectivity index (χ1n) is 5.47. The molecule has 1 aliphatic heterocycles. The topological polar surface area (TPSA) is 41.6 Å². The number of hydrogen-bond acceptors (Lipinski definition) is 3. The maximum Gasteiger partial charge on any atom is 0.224 e. The average Bonchev–Trinajstić information content (AvgIpc) is 2.30. The van der Waals surface area contributed by atoms with E-state index in [-0.39, 0.29) is 12.6 Å². The van der Waals surface area contributed by atoms with Crippen LogP contribution < -0.4 is 5.32 Å². The third-order valence-electron chi connectivity index (χ3n) is 2.37. The number of alkyl halides is 1. The highest BCUT2D eigenvalue weighted by Gasteiger charge is 2.15. The maximum atomic E-state index is 11.7. The van der Waals surface area contributed by atoms with Gasteiger partial charge in [-0.15, -0.1) is 0 Å². The van der Waals surface area contributed by atoms with E-state index in [0.717, 1.165) is 0 Å². The molecule has 1 amide bonds. The zero-order valence-electron chi connectivity index (χ0n) is 9.01. The molecule has 0 aromatic heterocycles. The molecule has 1 saturated heterocycles. The number of halogens is 1. The molecule has 0 atom stereocenters. The summed E-state index contributed by atoms with van der Waals surface area (Å²) in [6.07, 6.45) is 1.01. The van der Waals surface area contributed by atoms with Crippen LogP contribution in [0.25, 0.3) is 0 Å². The zero-order chi connectivity index (χ0) is 10.9. The third kappa shape index (κ3) is 5.09. The average molecular weight is 218 g/mol. The number of hydrogen-bond donors (Lipinski definition) is 1. The fraction of sp³-hybridized carbons (Fsp3) is 0.900. The second kappa shape index (κ2) is 7.59. The minimum absolute atomic E-state index is 0.158. The number of nitrogens with one attached hydrogen (secondary N) is 1. The van der Waals surface area contributed by atoms with Crippen LogP contribution in [-0.4, -0.2) is 56.9 Å². The molecule has 1 heterocycles. The second-order valence-electron chi connectivity index (χ2n) is 3.54. The Morgan fingerprint density at radius 3 is 2.73 bits per heavy atom. The summed E-state index contributed by atoms with van der Waals surface area (Å²) in [4.78, 5) is 13.4. The number of carbonyl (C=O) groups is 1. The van der Waals surface area contributed by atoms with E-state index >= 15 is 0 Å². The van der Waals surface area contributed by atoms with Crippen LogP contribution in [0.15, 0.2) is 0 Å². The Morgan fingerprint density at radius 1 is 1.33 bits per heavy atom. The van der Waals surface area contributed by atoms with E-state index in [0.29, 0.717) is 52.2 Å². The molecule has 15 heavy (non-hydrogen) atoms. The predicted molar refractivity (Wildman–Crippen MR) is 55.5 cm³/mol. The van der Waals surface area contributed by atoms with E-state index in [1.165, 1.54) is 0 Å². The Balaban J connectivity index is 2.02. The lowest BCUT2D eigenvalue weighted by molar-refractivity contribution is -0.135. The van der Waals surface area contributed by atoms with Crippen LogP contribution in [0.5, 0.6) is 0 Å². The quantitative estimate of drug-likeness (QED) is 0.647. The number of carbonyl (C=O) groups excluding carboxylic acids is 1. The molecule has 0 spiro atoms. The van der Waals surface area contributed by atoms with Crippen molar-refractivity contribution in [3.05, 3.63) is 0 Å². The van der Waals surface area contributed by atoms with Gasteiger partial charge in [0.1, 0.15) is 0 Å². The molecule has 1 fully saturated rings. The SMILES string of the molecule is O=C(CCNCCCF)N1CCOCC1. The van der Waals surface area contributed by atoms with Gasteiger partial charge in [-0.25, -0.2) is 0 Å². The minimum atomic E-state index is -0.301. The van der Waals surface area contributed by atoms with Gasteiger partial charge in [-0.2, -0.15) is 0 Å². The van der Waals surface area contributed by atoms with Gasteiger partial charge in [0.2, 0.25) is 5.91 Å². The van der Waals surface area contributed by atoms with Gasteiger partial charge in [0.25, 0.3) is 0 Å². The molecule has 0 aromatic rings. The Hall–Kier alpha value is -0.680. The summed E-state index contributed by atoms with van der Waals surface area (Å²) in [5, 5.41) is 3.04. The highest BCUT2D eigenvalue weighted by molar-refractivity contribution is 5.76. The minimum Gasteiger partial charge on any atom is -0.378 e. The fourth-order valence-electron chi connectivity index (χ4n) is 1.48. The van der Waals surface area contributed by atoms with Crippen molar-refractivity contribution in [3.63, 3.8) is 0 Å². The highest BCUT2D eigenvalue weighted by atomic mass is 19.1. The largest absolute Gasteiger partial charge is 0.378 e. The maximum absolute atomic E-state index is 11.7. The van der Waals surface area contributed by atoms with Gasteiger partial charge in [0.05, 0.1) is 19.9 Å². The zero-order valence-corrected chi connectivity index (χ0v) is 9.01. The molecule has 1 N–H and O–H groups in total. The molecule has 1 rings (SSSR count). The van der Waals surface area contributed by atoms with Crippen molar-refractivity contribution >= 4 is 5.91 Å². The lowest BCUT2D eigenvalue weighted by Gasteiger charge is -2.26. The van der Waals surface area contributed by atoms with Crippen LogP contribution in [-0.2, 0) is 9.53 Å². The van der Waals surface area contributed by atoms with Crippen molar-refractivity contribution in [1.29, 1.82) is 0 Å². The van der Waals surface area contributed by atoms with E-state index in [9.17, 15) is 9.18 Å². The molecule has 88 valence electrons. The Morgan fingerprint density at radius 2 is 2.07 bits per heavy atom. The number of morpholine rings is 1. The lowest BCUT2D eigenvalue weighted by atomic mass is 10.3. The Kier molecular flexibility index (Phi) is 6.27. The van der Waals surface area contributed by atoms with Crippen LogP contribution in [0.1, 0.15) is 12.8 Å². The van der Waals surface area contributed by atoms with Crippen molar-refractivity contribution in [2.24, 2.45) is 0 Å². The van der Waals surface area contributed by atoms with Crippen molar-refractivity contribution in [2.45, 2.75) is 12.8 Å². The summed E-state index contributed by atoms with van der Waals surface area (Å²) in [6, 6.07) is 0. The lowest BCUT2D eigenvalue weighted by Crippen LogP contribution is -2.41. The first kappa shape index (κ1) is 12.4. The molecular weight excluding hydrogens is 199 g/mol. The van der Waals surface area contributed by atoms with Crippen LogP contribution in [0.2, 0.25) is 0 Å². The number of rotatable bonds is 6. The molecular formula is C10H19FN2O2.